The van der Waals surface area contributed by atoms with Crippen molar-refractivity contribution < 1.29 is 9.59 Å². The molecule has 0 saturated carbocycles. The number of aromatic nitrogens is 1. The molecule has 0 unspecified atom stereocenters. The molecule has 5 nitrogen and oxygen atoms in total. The predicted molar refractivity (Wildman–Crippen MR) is 120 cm³/mol. The maximum Gasteiger partial charge on any atom is 0.234 e. The van der Waals surface area contributed by atoms with Gasteiger partial charge in [-0.05, 0) is 36.8 Å². The number of anilines is 1. The minimum atomic E-state index is -0.122. The molecule has 29 heavy (non-hydrogen) atoms. The second-order valence-corrected chi connectivity index (χ2v) is 8.84. The van der Waals surface area contributed by atoms with Crippen molar-refractivity contribution in [3.63, 3.8) is 0 Å². The number of hydrogen-bond donors (Lipinski definition) is 2. The summed E-state index contributed by atoms with van der Waals surface area (Å²) in [6.45, 7) is 1.95. The molecule has 8 heteroatoms. The molecular weight excluding hydrogens is 426 g/mol. The minimum absolute atomic E-state index is 0.0623. The third-order valence-electron chi connectivity index (χ3n) is 4.00. The number of rotatable bonds is 8. The normalized spacial score (nSPS) is 11.7. The van der Waals surface area contributed by atoms with Gasteiger partial charge in [0.25, 0.3) is 0 Å². The Kier molecular flexibility index (Phi) is 7.69. The number of nitrogens with one attached hydrogen (secondary N) is 2. The van der Waals surface area contributed by atoms with E-state index in [4.69, 9.17) is 11.6 Å². The average molecular weight is 446 g/mol. The lowest BCUT2D eigenvalue weighted by Crippen LogP contribution is -2.28. The van der Waals surface area contributed by atoms with E-state index in [0.29, 0.717) is 16.4 Å². The molecular formula is C21H20ClN3O2S2. The highest BCUT2D eigenvalue weighted by molar-refractivity contribution is 8.01. The first-order valence-electron chi connectivity index (χ1n) is 8.96. The van der Waals surface area contributed by atoms with Crippen molar-refractivity contribution in [3.05, 3.63) is 76.3 Å². The van der Waals surface area contributed by atoms with Crippen molar-refractivity contribution in [1.82, 2.24) is 10.3 Å². The number of carbonyl (C=O) groups excluding carboxylic acids is 2. The van der Waals surface area contributed by atoms with Crippen LogP contribution in [0.1, 0.15) is 24.2 Å². The lowest BCUT2D eigenvalue weighted by Gasteiger charge is -2.13. The van der Waals surface area contributed by atoms with Crippen molar-refractivity contribution in [2.24, 2.45) is 0 Å². The third kappa shape index (κ3) is 6.88. The molecule has 1 atom stereocenters. The molecule has 0 aliphatic heterocycles. The largest absolute Gasteiger partial charge is 0.349 e. The average Bonchev–Trinajstić information content (AvgIpc) is 3.16. The molecule has 0 aliphatic rings. The number of benzene rings is 2. The van der Waals surface area contributed by atoms with Gasteiger partial charge in [0.05, 0.1) is 23.9 Å². The fourth-order valence-corrected chi connectivity index (χ4v) is 4.35. The molecule has 2 N–H and O–H groups in total. The van der Waals surface area contributed by atoms with E-state index in [1.165, 1.54) is 23.1 Å². The van der Waals surface area contributed by atoms with E-state index in [2.05, 4.69) is 15.6 Å². The van der Waals surface area contributed by atoms with E-state index in [1.54, 1.807) is 24.3 Å². The molecule has 3 aromatic rings. The highest BCUT2D eigenvalue weighted by Gasteiger charge is 2.13. The summed E-state index contributed by atoms with van der Waals surface area (Å²) in [4.78, 5) is 28.8. The molecule has 150 valence electrons. The Morgan fingerprint density at radius 1 is 1.10 bits per heavy atom. The number of carbonyl (C=O) groups is 2. The third-order valence-corrected chi connectivity index (χ3v) is 6.33. The highest BCUT2D eigenvalue weighted by atomic mass is 35.5. The van der Waals surface area contributed by atoms with Gasteiger partial charge in [0.2, 0.25) is 11.8 Å². The van der Waals surface area contributed by atoms with Crippen LogP contribution in [-0.4, -0.2) is 22.6 Å². The van der Waals surface area contributed by atoms with E-state index < -0.39 is 0 Å². The topological polar surface area (TPSA) is 71.1 Å². The molecule has 0 fully saturated rings. The molecule has 0 bridgehead atoms. The number of thioether (sulfide) groups is 1. The van der Waals surface area contributed by atoms with Gasteiger partial charge in [0, 0.05) is 16.1 Å². The minimum Gasteiger partial charge on any atom is -0.349 e. The summed E-state index contributed by atoms with van der Waals surface area (Å²) in [5, 5.41) is 8.26. The van der Waals surface area contributed by atoms with Crippen molar-refractivity contribution in [2.75, 3.05) is 11.1 Å². The highest BCUT2D eigenvalue weighted by Crippen LogP contribution is 2.23. The van der Waals surface area contributed by atoms with Gasteiger partial charge in [-0.3, -0.25) is 9.59 Å². The number of amides is 2. The van der Waals surface area contributed by atoms with Gasteiger partial charge in [-0.1, -0.05) is 53.7 Å². The van der Waals surface area contributed by atoms with E-state index >= 15 is 0 Å². The smallest absolute Gasteiger partial charge is 0.234 e. The zero-order chi connectivity index (χ0) is 20.6. The summed E-state index contributed by atoms with van der Waals surface area (Å²) in [5.74, 6) is 0.0412. The fourth-order valence-electron chi connectivity index (χ4n) is 2.58. The van der Waals surface area contributed by atoms with Crippen LogP contribution in [0, 0.1) is 0 Å². The second kappa shape index (κ2) is 10.4. The monoisotopic (exact) mass is 445 g/mol. The van der Waals surface area contributed by atoms with E-state index in [0.717, 1.165) is 9.90 Å². The Bertz CT molecular complexity index is 962. The van der Waals surface area contributed by atoms with Crippen LogP contribution < -0.4 is 10.6 Å². The van der Waals surface area contributed by atoms with E-state index in [-0.39, 0.29) is 30.0 Å². The maximum absolute atomic E-state index is 12.3. The summed E-state index contributed by atoms with van der Waals surface area (Å²) in [6.07, 6.45) is 0.213. The summed E-state index contributed by atoms with van der Waals surface area (Å²) < 4.78 is 0.759. The van der Waals surface area contributed by atoms with E-state index in [9.17, 15) is 9.59 Å². The number of thiazole rings is 1. The van der Waals surface area contributed by atoms with Crippen molar-refractivity contribution >= 4 is 52.2 Å². The first-order chi connectivity index (χ1) is 14.0. The number of nitrogens with zero attached hydrogens (tertiary/aromatic N) is 1. The van der Waals surface area contributed by atoms with Gasteiger partial charge < -0.3 is 10.6 Å². The molecule has 0 radical (unpaired) electrons. The van der Waals surface area contributed by atoms with Crippen LogP contribution >= 0.6 is 34.7 Å². The fraction of sp³-hybridized carbons (Fsp3) is 0.190. The SMILES string of the molecule is C[C@H](NC(=O)Cc1csc(SCC(=O)Nc2ccc(Cl)cc2)n1)c1ccccc1. The molecule has 0 spiro atoms. The van der Waals surface area contributed by atoms with Crippen LogP contribution in [-0.2, 0) is 16.0 Å². The molecule has 1 aromatic heterocycles. The molecule has 3 rings (SSSR count). The van der Waals surface area contributed by atoms with Gasteiger partial charge in [-0.15, -0.1) is 11.3 Å². The zero-order valence-electron chi connectivity index (χ0n) is 15.7. The molecule has 2 aromatic carbocycles. The number of halogens is 1. The number of hydrogen-bond acceptors (Lipinski definition) is 5. The van der Waals surface area contributed by atoms with Crippen molar-refractivity contribution in [3.8, 4) is 0 Å². The van der Waals surface area contributed by atoms with Gasteiger partial charge in [0.1, 0.15) is 0 Å². The van der Waals surface area contributed by atoms with E-state index in [1.807, 2.05) is 42.6 Å². The maximum atomic E-state index is 12.3. The Labute approximate surface area is 182 Å². The van der Waals surface area contributed by atoms with Crippen molar-refractivity contribution in [2.45, 2.75) is 23.7 Å². The molecule has 1 heterocycles. The van der Waals surface area contributed by atoms with Crippen LogP contribution in [0.4, 0.5) is 5.69 Å². The van der Waals surface area contributed by atoms with Crippen LogP contribution in [0.5, 0.6) is 0 Å². The Morgan fingerprint density at radius 3 is 2.55 bits per heavy atom. The molecule has 0 saturated heterocycles. The summed E-state index contributed by atoms with van der Waals surface area (Å²) in [6, 6.07) is 16.7. The molecule has 0 aliphatic carbocycles. The van der Waals surface area contributed by atoms with Crippen LogP contribution in [0.2, 0.25) is 5.02 Å². The van der Waals surface area contributed by atoms with Gasteiger partial charge >= 0.3 is 0 Å². The van der Waals surface area contributed by atoms with Crippen molar-refractivity contribution in [1.29, 1.82) is 0 Å². The zero-order valence-corrected chi connectivity index (χ0v) is 18.1. The Morgan fingerprint density at radius 2 is 1.83 bits per heavy atom. The predicted octanol–water partition coefficient (Wildman–Crippen LogP) is 4.95. The quantitative estimate of drug-likeness (QED) is 0.481. The standard InChI is InChI=1S/C21H20ClN3O2S2/c1-14(15-5-3-2-4-6-15)23-19(26)11-18-12-28-21(25-18)29-13-20(27)24-17-9-7-16(22)8-10-17/h2-10,12,14H,11,13H2,1H3,(H,23,26)(H,24,27)/t14-/m0/s1. The Balaban J connectivity index is 1.44. The Hall–Kier alpha value is -2.35. The van der Waals surface area contributed by atoms with Crippen LogP contribution in [0.3, 0.4) is 0 Å². The summed E-state index contributed by atoms with van der Waals surface area (Å²) in [7, 11) is 0. The lowest BCUT2D eigenvalue weighted by atomic mass is 10.1. The van der Waals surface area contributed by atoms with Gasteiger partial charge in [-0.25, -0.2) is 4.98 Å². The van der Waals surface area contributed by atoms with Gasteiger partial charge in [0.15, 0.2) is 4.34 Å². The van der Waals surface area contributed by atoms with Crippen LogP contribution in [0.15, 0.2) is 64.3 Å². The first-order valence-corrected chi connectivity index (χ1v) is 11.2. The second-order valence-electron chi connectivity index (χ2n) is 6.33. The summed E-state index contributed by atoms with van der Waals surface area (Å²) >= 11 is 8.61. The van der Waals surface area contributed by atoms with Gasteiger partial charge in [-0.2, -0.15) is 0 Å². The first kappa shape index (κ1) is 21.4. The lowest BCUT2D eigenvalue weighted by molar-refractivity contribution is -0.121. The van der Waals surface area contributed by atoms with Crippen LogP contribution in [0.25, 0.3) is 0 Å². The summed E-state index contributed by atoms with van der Waals surface area (Å²) in [5.41, 5.74) is 2.46. The molecule has 2 amide bonds.